The molecule has 6 rings (SSSR count). The van der Waals surface area contributed by atoms with Crippen LogP contribution < -0.4 is 10.6 Å². The number of benzene rings is 3. The van der Waals surface area contributed by atoms with Crippen LogP contribution in [0.3, 0.4) is 0 Å². The van der Waals surface area contributed by atoms with Gasteiger partial charge in [0.05, 0.1) is 58.1 Å². The van der Waals surface area contributed by atoms with Crippen molar-refractivity contribution in [1.29, 1.82) is 10.5 Å². The van der Waals surface area contributed by atoms with E-state index in [4.69, 9.17) is 23.2 Å². The second kappa shape index (κ2) is 10.7. The van der Waals surface area contributed by atoms with Gasteiger partial charge in [0.25, 0.3) is 0 Å². The van der Waals surface area contributed by atoms with E-state index in [0.717, 1.165) is 25.0 Å². The van der Waals surface area contributed by atoms with Crippen LogP contribution in [0.4, 0.5) is 25.8 Å². The molecule has 0 aliphatic heterocycles. The molecule has 1 saturated carbocycles. The smallest absolute Gasteiger partial charge is 0.168 e. The Morgan fingerprint density at radius 3 is 2.63 bits per heavy atom. The molecule has 8 nitrogen and oxygen atoms in total. The van der Waals surface area contributed by atoms with Crippen LogP contribution >= 0.6 is 23.2 Å². The van der Waals surface area contributed by atoms with Crippen molar-refractivity contribution in [2.24, 2.45) is 0 Å². The van der Waals surface area contributed by atoms with Gasteiger partial charge in [-0.1, -0.05) is 40.5 Å². The van der Waals surface area contributed by atoms with Crippen molar-refractivity contribution in [2.45, 2.75) is 24.9 Å². The zero-order valence-electron chi connectivity index (χ0n) is 22.0. The molecule has 3 aromatic carbocycles. The summed E-state index contributed by atoms with van der Waals surface area (Å²) < 4.78 is 40.8. The van der Waals surface area contributed by atoms with Gasteiger partial charge in [0.15, 0.2) is 5.82 Å². The van der Waals surface area contributed by atoms with Crippen molar-refractivity contribution in [1.82, 2.24) is 20.0 Å². The number of nitrogens with zero attached hydrogens (tertiary/aromatic N) is 6. The van der Waals surface area contributed by atoms with Crippen LogP contribution in [0.5, 0.6) is 0 Å². The van der Waals surface area contributed by atoms with Crippen LogP contribution in [0.1, 0.15) is 48.7 Å². The third-order valence-electron chi connectivity index (χ3n) is 6.58. The Hall–Kier alpha value is -4.77. The lowest BCUT2D eigenvalue weighted by Gasteiger charge is -2.20. The highest BCUT2D eigenvalue weighted by molar-refractivity contribution is 6.36. The number of aromatic nitrogens is 4. The molecule has 0 bridgehead atoms. The number of rotatable bonds is 7. The number of nitrogens with one attached hydrogen (secondary N) is 2. The van der Waals surface area contributed by atoms with E-state index in [0.29, 0.717) is 16.8 Å². The topological polar surface area (TPSA) is 115 Å². The highest BCUT2D eigenvalue weighted by atomic mass is 35.5. The predicted molar refractivity (Wildman–Crippen MR) is 151 cm³/mol. The quantitative estimate of drug-likeness (QED) is 0.190. The number of halogens is 4. The largest absolute Gasteiger partial charge is 0.373 e. The van der Waals surface area contributed by atoms with E-state index in [2.05, 4.69) is 32.0 Å². The number of fused-ring (bicyclic) bond motifs is 1. The minimum atomic E-state index is -1.74. The van der Waals surface area contributed by atoms with E-state index in [9.17, 15) is 20.7 Å². The first-order chi connectivity index (χ1) is 20.2. The molecule has 1 aliphatic rings. The summed E-state index contributed by atoms with van der Waals surface area (Å²) in [6.07, 6.45) is 4.85. The first-order valence-corrected chi connectivity index (χ1v) is 13.1. The summed E-state index contributed by atoms with van der Waals surface area (Å²) >= 11 is 12.5. The van der Waals surface area contributed by atoms with Crippen LogP contribution in [0.25, 0.3) is 10.9 Å². The summed E-state index contributed by atoms with van der Waals surface area (Å²) in [6.45, 7) is 0. The first-order valence-electron chi connectivity index (χ1n) is 12.9. The number of hydrogen-bond donors (Lipinski definition) is 2. The van der Waals surface area contributed by atoms with Crippen molar-refractivity contribution < 1.29 is 10.2 Å². The molecule has 0 radical (unpaired) electrons. The second-order valence-corrected chi connectivity index (χ2v) is 10.2. The van der Waals surface area contributed by atoms with E-state index in [-0.39, 0.29) is 43.9 Å². The average Bonchev–Trinajstić information content (AvgIpc) is 3.72. The molecule has 5 aromatic rings. The van der Waals surface area contributed by atoms with Gasteiger partial charge in [-0.2, -0.15) is 10.5 Å². The van der Waals surface area contributed by atoms with E-state index >= 15 is 0 Å². The van der Waals surface area contributed by atoms with Crippen molar-refractivity contribution in [3.8, 4) is 12.1 Å². The molecule has 0 spiro atoms. The van der Waals surface area contributed by atoms with E-state index in [1.165, 1.54) is 12.3 Å². The van der Waals surface area contributed by atoms with Gasteiger partial charge in [-0.15, -0.1) is 5.10 Å². The number of nitriles is 2. The van der Waals surface area contributed by atoms with E-state index in [1.54, 1.807) is 41.2 Å². The molecule has 0 amide bonds. The van der Waals surface area contributed by atoms with Gasteiger partial charge in [0.2, 0.25) is 0 Å². The monoisotopic (exact) mass is 587 g/mol. The third kappa shape index (κ3) is 5.11. The Kier molecular flexibility index (Phi) is 6.56. The summed E-state index contributed by atoms with van der Waals surface area (Å²) in [5.41, 5.74) is 1.04. The Balaban J connectivity index is 1.51. The molecule has 1 aliphatic carbocycles. The maximum Gasteiger partial charge on any atom is 0.168 e. The summed E-state index contributed by atoms with van der Waals surface area (Å²) in [4.78, 5) is 4.28. The summed E-state index contributed by atoms with van der Waals surface area (Å²) in [6, 6.07) is 14.3. The molecule has 1 fully saturated rings. The van der Waals surface area contributed by atoms with Gasteiger partial charge in [0.1, 0.15) is 23.3 Å². The Bertz CT molecular complexity index is 1960. The molecule has 1 atom stereocenters. The highest BCUT2D eigenvalue weighted by Crippen LogP contribution is 2.39. The number of hydrogen-bond acceptors (Lipinski definition) is 7. The SMILES string of the molecule is [2H][C@](Nc1cc(Cl)c2ncc(C#N)c(Nc3c(F)ccc(Cl)c3F)c2c1)(c1cccc(C#N)c1)c1cn(C2CC2)nn1. The normalized spacial score (nSPS) is 14.5. The zero-order valence-corrected chi connectivity index (χ0v) is 22.5. The van der Waals surface area contributed by atoms with Crippen LogP contribution in [-0.4, -0.2) is 20.0 Å². The molecule has 2 N–H and O–H groups in total. The number of anilines is 3. The second-order valence-electron chi connectivity index (χ2n) is 9.36. The summed E-state index contributed by atoms with van der Waals surface area (Å²) in [5, 5.41) is 33.7. The van der Waals surface area contributed by atoms with Crippen LogP contribution in [0.2, 0.25) is 10.0 Å². The van der Waals surface area contributed by atoms with Crippen molar-refractivity contribution in [3.05, 3.63) is 105 Å². The highest BCUT2D eigenvalue weighted by Gasteiger charge is 2.27. The van der Waals surface area contributed by atoms with Gasteiger partial charge in [-0.25, -0.2) is 13.5 Å². The van der Waals surface area contributed by atoms with E-state index in [1.807, 2.05) is 6.07 Å². The lowest BCUT2D eigenvalue weighted by molar-refractivity contribution is 0.591. The fourth-order valence-corrected chi connectivity index (χ4v) is 4.82. The molecular weight excluding hydrogens is 569 g/mol. The molecular formula is C29H18Cl2F2N8. The van der Waals surface area contributed by atoms with Gasteiger partial charge in [0, 0.05) is 17.3 Å². The first kappa shape index (κ1) is 25.2. The van der Waals surface area contributed by atoms with Crippen LogP contribution in [0.15, 0.2) is 60.9 Å². The zero-order chi connectivity index (χ0) is 29.6. The Labute approximate surface area is 244 Å². The molecule has 41 heavy (non-hydrogen) atoms. The van der Waals surface area contributed by atoms with Gasteiger partial charge >= 0.3 is 0 Å². The standard InChI is InChI=1S/C29H18Cl2F2N8/c30-21-6-7-23(32)29(25(21)33)38-26-17(12-35)13-36-28-20(26)9-18(10-22(28)31)37-27(16-3-1-2-15(8-16)11-34)24-14-41(40-39-24)19-4-5-19/h1-3,6-10,13-14,19,27,37H,4-5H2,(H,36,38)/t27-/m0/s1/i27D. The summed E-state index contributed by atoms with van der Waals surface area (Å²) in [7, 11) is 0. The van der Waals surface area contributed by atoms with Gasteiger partial charge in [-0.05, 0) is 54.8 Å². The molecule has 0 saturated heterocycles. The minimum absolute atomic E-state index is 0.0132. The minimum Gasteiger partial charge on any atom is -0.373 e. The molecule has 12 heteroatoms. The third-order valence-corrected chi connectivity index (χ3v) is 7.16. The average molecular weight is 588 g/mol. The van der Waals surface area contributed by atoms with Gasteiger partial charge < -0.3 is 10.6 Å². The lowest BCUT2D eigenvalue weighted by Crippen LogP contribution is -2.13. The molecule has 202 valence electrons. The van der Waals surface area contributed by atoms with Crippen molar-refractivity contribution in [3.63, 3.8) is 0 Å². The summed E-state index contributed by atoms with van der Waals surface area (Å²) in [5.74, 6) is -1.96. The van der Waals surface area contributed by atoms with Crippen LogP contribution in [0, 0.1) is 34.3 Å². The Morgan fingerprint density at radius 2 is 1.88 bits per heavy atom. The van der Waals surface area contributed by atoms with E-state index < -0.39 is 23.3 Å². The lowest BCUT2D eigenvalue weighted by atomic mass is 10.0. The predicted octanol–water partition coefficient (Wildman–Crippen LogP) is 7.43. The van der Waals surface area contributed by atoms with Crippen molar-refractivity contribution in [2.75, 3.05) is 10.6 Å². The fraction of sp³-hybridized carbons (Fsp3) is 0.138. The number of pyridine rings is 1. The maximum absolute atomic E-state index is 14.8. The Morgan fingerprint density at radius 1 is 1.05 bits per heavy atom. The van der Waals surface area contributed by atoms with Gasteiger partial charge in [-0.3, -0.25) is 4.98 Å². The molecule has 2 heterocycles. The van der Waals surface area contributed by atoms with Crippen LogP contribution in [-0.2, 0) is 0 Å². The molecule has 2 aromatic heterocycles. The fourth-order valence-electron chi connectivity index (χ4n) is 4.40. The molecule has 0 unspecified atom stereocenters. The van der Waals surface area contributed by atoms with Crippen molar-refractivity contribution >= 4 is 51.2 Å². The maximum atomic E-state index is 14.8.